The Bertz CT molecular complexity index is 1180. The predicted molar refractivity (Wildman–Crippen MR) is 113 cm³/mol. The maximum atomic E-state index is 13.9. The van der Waals surface area contributed by atoms with Crippen LogP contribution in [-0.4, -0.2) is 46.7 Å². The number of halogens is 2. The lowest BCUT2D eigenvalue weighted by atomic mass is 9.96. The number of para-hydroxylation sites is 1. The molecule has 32 heavy (non-hydrogen) atoms. The molecule has 0 spiro atoms. The fourth-order valence-electron chi connectivity index (χ4n) is 3.97. The number of likely N-dealkylation sites (tertiary alicyclic amines) is 1. The van der Waals surface area contributed by atoms with Gasteiger partial charge in [0.05, 0.1) is 11.5 Å². The molecule has 0 radical (unpaired) electrons. The standard InChI is InChI=1S/C24H22F2N2O4/c1-14(22(29)19-13-27-21-5-3-2-4-17(19)21)32-24(31)15-8-10-28(11-9-15)23(30)18-7-6-16(25)12-20(18)26/h2-7,12-15,27H,8-11H2,1H3. The van der Waals surface area contributed by atoms with Gasteiger partial charge in [-0.25, -0.2) is 8.78 Å². The van der Waals surface area contributed by atoms with Gasteiger partial charge in [-0.2, -0.15) is 0 Å². The van der Waals surface area contributed by atoms with Crippen molar-refractivity contribution in [2.24, 2.45) is 5.92 Å². The number of H-pyrrole nitrogens is 1. The molecule has 6 nitrogen and oxygen atoms in total. The molecule has 0 aliphatic carbocycles. The van der Waals surface area contributed by atoms with Crippen molar-refractivity contribution in [3.05, 3.63) is 71.4 Å². The van der Waals surface area contributed by atoms with Crippen LogP contribution in [0.5, 0.6) is 0 Å². The summed E-state index contributed by atoms with van der Waals surface area (Å²) in [6.07, 6.45) is 1.33. The molecular formula is C24H22F2N2O4. The Labute approximate surface area is 183 Å². The van der Waals surface area contributed by atoms with Crippen molar-refractivity contribution in [2.75, 3.05) is 13.1 Å². The summed E-state index contributed by atoms with van der Waals surface area (Å²) < 4.78 is 32.4. The molecule has 1 unspecified atom stereocenters. The summed E-state index contributed by atoms with van der Waals surface area (Å²) in [5.41, 5.74) is 1.08. The molecule has 1 amide bonds. The highest BCUT2D eigenvalue weighted by Crippen LogP contribution is 2.24. The van der Waals surface area contributed by atoms with Crippen LogP contribution in [0.15, 0.2) is 48.7 Å². The molecule has 1 fully saturated rings. The highest BCUT2D eigenvalue weighted by Gasteiger charge is 2.32. The number of aromatic amines is 1. The van der Waals surface area contributed by atoms with Gasteiger partial charge >= 0.3 is 5.97 Å². The Morgan fingerprint density at radius 3 is 2.50 bits per heavy atom. The molecule has 166 valence electrons. The fourth-order valence-corrected chi connectivity index (χ4v) is 3.97. The van der Waals surface area contributed by atoms with E-state index in [1.165, 1.54) is 11.8 Å². The zero-order chi connectivity index (χ0) is 22.8. The average Bonchev–Trinajstić information content (AvgIpc) is 3.22. The number of hydrogen-bond acceptors (Lipinski definition) is 4. The highest BCUT2D eigenvalue weighted by molar-refractivity contribution is 6.10. The third kappa shape index (κ3) is 4.26. The molecule has 8 heteroatoms. The maximum absolute atomic E-state index is 13.9. The Balaban J connectivity index is 1.34. The van der Waals surface area contributed by atoms with Gasteiger partial charge in [0.15, 0.2) is 6.10 Å². The lowest BCUT2D eigenvalue weighted by Crippen LogP contribution is -2.41. The van der Waals surface area contributed by atoms with Gasteiger partial charge in [-0.05, 0) is 38.0 Å². The number of carbonyl (C=O) groups is 3. The molecule has 2 aromatic carbocycles. The minimum Gasteiger partial charge on any atom is -0.454 e. The minimum atomic E-state index is -0.949. The van der Waals surface area contributed by atoms with E-state index >= 15 is 0 Å². The summed E-state index contributed by atoms with van der Waals surface area (Å²) in [6, 6.07) is 10.2. The largest absolute Gasteiger partial charge is 0.454 e. The molecule has 4 rings (SSSR count). The number of ether oxygens (including phenoxy) is 1. The molecule has 1 aromatic heterocycles. The van der Waals surface area contributed by atoms with E-state index in [1.54, 1.807) is 6.20 Å². The molecule has 3 aromatic rings. The first-order chi connectivity index (χ1) is 15.3. The zero-order valence-corrected chi connectivity index (χ0v) is 17.4. The zero-order valence-electron chi connectivity index (χ0n) is 17.4. The molecule has 1 aliphatic heterocycles. The normalized spacial score (nSPS) is 15.5. The van der Waals surface area contributed by atoms with Crippen LogP contribution in [0.4, 0.5) is 8.78 Å². The predicted octanol–water partition coefficient (Wildman–Crippen LogP) is 4.11. The molecule has 0 bridgehead atoms. The van der Waals surface area contributed by atoms with Crippen LogP contribution in [0.1, 0.15) is 40.5 Å². The van der Waals surface area contributed by atoms with Crippen LogP contribution in [0.3, 0.4) is 0 Å². The highest BCUT2D eigenvalue weighted by atomic mass is 19.1. The van der Waals surface area contributed by atoms with Gasteiger partial charge in [-0.15, -0.1) is 0 Å². The quantitative estimate of drug-likeness (QED) is 0.478. The Morgan fingerprint density at radius 2 is 1.78 bits per heavy atom. The van der Waals surface area contributed by atoms with E-state index in [0.29, 0.717) is 24.5 Å². The molecule has 0 saturated carbocycles. The summed E-state index contributed by atoms with van der Waals surface area (Å²) in [4.78, 5) is 42.4. The van der Waals surface area contributed by atoms with E-state index < -0.39 is 35.5 Å². The third-order valence-corrected chi connectivity index (χ3v) is 5.79. The number of rotatable bonds is 5. The summed E-state index contributed by atoms with van der Waals surface area (Å²) in [6.45, 7) is 2.01. The minimum absolute atomic E-state index is 0.203. The summed E-state index contributed by atoms with van der Waals surface area (Å²) in [7, 11) is 0. The van der Waals surface area contributed by atoms with Crippen molar-refractivity contribution in [1.29, 1.82) is 0 Å². The molecule has 1 atom stereocenters. The second-order valence-electron chi connectivity index (χ2n) is 7.88. The van der Waals surface area contributed by atoms with Crippen molar-refractivity contribution in [3.8, 4) is 0 Å². The number of carbonyl (C=O) groups excluding carboxylic acids is 3. The SMILES string of the molecule is CC(OC(=O)C1CCN(C(=O)c2ccc(F)cc2F)CC1)C(=O)c1c[nH]c2ccccc12. The van der Waals surface area contributed by atoms with Crippen LogP contribution in [0.25, 0.3) is 10.9 Å². The van der Waals surface area contributed by atoms with Crippen molar-refractivity contribution in [2.45, 2.75) is 25.9 Å². The fraction of sp³-hybridized carbons (Fsp3) is 0.292. The first kappa shape index (κ1) is 21.7. The number of Topliss-reactive ketones (excluding diaryl/α,β-unsaturated/α-hetero) is 1. The van der Waals surface area contributed by atoms with Gasteiger partial charge in [0.2, 0.25) is 5.78 Å². The van der Waals surface area contributed by atoms with Gasteiger partial charge in [-0.1, -0.05) is 18.2 Å². The van der Waals surface area contributed by atoms with E-state index in [-0.39, 0.29) is 24.4 Å². The summed E-state index contributed by atoms with van der Waals surface area (Å²) >= 11 is 0. The summed E-state index contributed by atoms with van der Waals surface area (Å²) in [5, 5.41) is 0.764. The number of aromatic nitrogens is 1. The van der Waals surface area contributed by atoms with Crippen LogP contribution < -0.4 is 0 Å². The maximum Gasteiger partial charge on any atom is 0.309 e. The summed E-state index contributed by atoms with van der Waals surface area (Å²) in [5.74, 6) is -3.47. The first-order valence-corrected chi connectivity index (χ1v) is 10.4. The van der Waals surface area contributed by atoms with E-state index in [4.69, 9.17) is 4.74 Å². The van der Waals surface area contributed by atoms with E-state index in [9.17, 15) is 23.2 Å². The average molecular weight is 440 g/mol. The first-order valence-electron chi connectivity index (χ1n) is 10.4. The number of esters is 1. The second kappa shape index (κ2) is 8.90. The number of benzene rings is 2. The number of nitrogens with zero attached hydrogens (tertiary/aromatic N) is 1. The van der Waals surface area contributed by atoms with Crippen molar-refractivity contribution < 1.29 is 27.9 Å². The molecule has 1 aliphatic rings. The van der Waals surface area contributed by atoms with Crippen LogP contribution in [0.2, 0.25) is 0 Å². The molecular weight excluding hydrogens is 418 g/mol. The molecule has 1 saturated heterocycles. The Hall–Kier alpha value is -3.55. The van der Waals surface area contributed by atoms with E-state index in [1.807, 2.05) is 24.3 Å². The van der Waals surface area contributed by atoms with E-state index in [0.717, 1.165) is 23.0 Å². The monoisotopic (exact) mass is 440 g/mol. The molecule has 1 N–H and O–H groups in total. The lowest BCUT2D eigenvalue weighted by molar-refractivity contribution is -0.152. The number of hydrogen-bond donors (Lipinski definition) is 1. The van der Waals surface area contributed by atoms with Crippen molar-refractivity contribution in [1.82, 2.24) is 9.88 Å². The number of piperidine rings is 1. The van der Waals surface area contributed by atoms with Gasteiger partial charge < -0.3 is 14.6 Å². The lowest BCUT2D eigenvalue weighted by Gasteiger charge is -2.31. The number of nitrogens with one attached hydrogen (secondary N) is 1. The number of amides is 1. The smallest absolute Gasteiger partial charge is 0.309 e. The van der Waals surface area contributed by atoms with Gasteiger partial charge in [-0.3, -0.25) is 14.4 Å². The van der Waals surface area contributed by atoms with E-state index in [2.05, 4.69) is 4.98 Å². The van der Waals surface area contributed by atoms with Gasteiger partial charge in [0, 0.05) is 41.8 Å². The van der Waals surface area contributed by atoms with Crippen molar-refractivity contribution >= 4 is 28.6 Å². The van der Waals surface area contributed by atoms with Crippen LogP contribution >= 0.6 is 0 Å². The van der Waals surface area contributed by atoms with Crippen LogP contribution in [0, 0.1) is 17.6 Å². The Kier molecular flexibility index (Phi) is 6.03. The second-order valence-corrected chi connectivity index (χ2v) is 7.88. The van der Waals surface area contributed by atoms with Gasteiger partial charge in [0.1, 0.15) is 11.6 Å². The Morgan fingerprint density at radius 1 is 1.06 bits per heavy atom. The van der Waals surface area contributed by atoms with Crippen molar-refractivity contribution in [3.63, 3.8) is 0 Å². The van der Waals surface area contributed by atoms with Crippen LogP contribution in [-0.2, 0) is 9.53 Å². The number of ketones is 1. The topological polar surface area (TPSA) is 79.5 Å². The number of fused-ring (bicyclic) bond motifs is 1. The third-order valence-electron chi connectivity index (χ3n) is 5.79. The molecule has 2 heterocycles. The van der Waals surface area contributed by atoms with Gasteiger partial charge in [0.25, 0.3) is 5.91 Å².